The molecule has 5 rings (SSSR count). The predicted octanol–water partition coefficient (Wildman–Crippen LogP) is 6.24. The van der Waals surface area contributed by atoms with Crippen LogP contribution in [0, 0.1) is 32.4 Å². The summed E-state index contributed by atoms with van der Waals surface area (Å²) in [5.74, 6) is -1.35. The number of H-pyrrole nitrogens is 1. The predicted molar refractivity (Wildman–Crippen MR) is 147 cm³/mol. The smallest absolute Gasteiger partial charge is 0.261 e. The molecule has 0 radical (unpaired) electrons. The van der Waals surface area contributed by atoms with Crippen LogP contribution in [0.1, 0.15) is 27.2 Å². The molecule has 2 aromatic carbocycles. The lowest BCUT2D eigenvalue weighted by molar-refractivity contribution is 0.102. The lowest BCUT2D eigenvalue weighted by Gasteiger charge is -2.13. The zero-order valence-corrected chi connectivity index (χ0v) is 22.1. The number of halogens is 2. The van der Waals surface area contributed by atoms with E-state index in [0.29, 0.717) is 33.7 Å². The fourth-order valence-corrected chi connectivity index (χ4v) is 4.42. The van der Waals surface area contributed by atoms with Crippen LogP contribution in [-0.4, -0.2) is 28.0 Å². The monoisotopic (exact) mass is 542 g/mol. The van der Waals surface area contributed by atoms with E-state index in [2.05, 4.69) is 20.3 Å². The van der Waals surface area contributed by atoms with Crippen molar-refractivity contribution in [3.63, 3.8) is 0 Å². The number of anilines is 1. The Morgan fingerprint density at radius 1 is 0.975 bits per heavy atom. The molecule has 10 heteroatoms. The number of hydrogen-bond donors (Lipinski definition) is 2. The zero-order chi connectivity index (χ0) is 28.6. The van der Waals surface area contributed by atoms with E-state index in [4.69, 9.17) is 9.47 Å². The number of fused-ring (bicyclic) bond motifs is 1. The van der Waals surface area contributed by atoms with Crippen molar-refractivity contribution in [2.75, 3.05) is 12.4 Å². The molecule has 40 heavy (non-hydrogen) atoms. The number of aryl methyl sites for hydroxylation is 3. The van der Waals surface area contributed by atoms with Crippen molar-refractivity contribution >= 4 is 22.6 Å². The minimum atomic E-state index is -0.748. The molecule has 0 saturated carbocycles. The molecule has 3 heterocycles. The maximum atomic E-state index is 15.1. The minimum absolute atomic E-state index is 0.103. The van der Waals surface area contributed by atoms with E-state index >= 15 is 4.39 Å². The Morgan fingerprint density at radius 2 is 1.77 bits per heavy atom. The maximum Gasteiger partial charge on any atom is 0.261 e. The number of carbonyl (C=O) groups excluding carboxylic acids is 1. The topological polar surface area (TPSA) is 106 Å². The second kappa shape index (κ2) is 10.6. The highest BCUT2D eigenvalue weighted by molar-refractivity contribution is 6.04. The number of aromatic nitrogens is 3. The molecule has 2 N–H and O–H groups in total. The van der Waals surface area contributed by atoms with Crippen molar-refractivity contribution in [3.05, 3.63) is 105 Å². The Hall–Kier alpha value is -5.12. The summed E-state index contributed by atoms with van der Waals surface area (Å²) in [6.07, 6.45) is 2.82. The van der Waals surface area contributed by atoms with Gasteiger partial charge in [-0.25, -0.2) is 13.8 Å². The molecule has 0 aliphatic rings. The zero-order valence-electron chi connectivity index (χ0n) is 22.1. The van der Waals surface area contributed by atoms with E-state index in [9.17, 15) is 14.0 Å². The lowest BCUT2D eigenvalue weighted by atomic mass is 9.97. The van der Waals surface area contributed by atoms with Crippen LogP contribution in [0.4, 0.5) is 14.5 Å². The first-order valence-electron chi connectivity index (χ1n) is 12.2. The van der Waals surface area contributed by atoms with Gasteiger partial charge in [0.25, 0.3) is 5.91 Å². The van der Waals surface area contributed by atoms with E-state index in [0.717, 1.165) is 11.6 Å². The van der Waals surface area contributed by atoms with Gasteiger partial charge in [-0.15, -0.1) is 0 Å². The van der Waals surface area contributed by atoms with Crippen LogP contribution in [0.25, 0.3) is 22.2 Å². The second-order valence-corrected chi connectivity index (χ2v) is 9.18. The van der Waals surface area contributed by atoms with E-state index in [-0.39, 0.29) is 28.3 Å². The quantitative estimate of drug-likeness (QED) is 0.263. The summed E-state index contributed by atoms with van der Waals surface area (Å²) in [7, 11) is 1.50. The van der Waals surface area contributed by atoms with Gasteiger partial charge in [0.2, 0.25) is 11.3 Å². The lowest BCUT2D eigenvalue weighted by Crippen LogP contribution is -2.24. The third-order valence-corrected chi connectivity index (χ3v) is 6.40. The van der Waals surface area contributed by atoms with Gasteiger partial charge in [-0.1, -0.05) is 6.07 Å². The third kappa shape index (κ3) is 4.98. The fraction of sp³-hybridized carbons (Fsp3) is 0.133. The molecule has 0 bridgehead atoms. The first-order chi connectivity index (χ1) is 19.2. The summed E-state index contributed by atoms with van der Waals surface area (Å²) >= 11 is 0. The number of methoxy groups -OCH3 is 1. The number of hydrogen-bond acceptors (Lipinski definition) is 6. The van der Waals surface area contributed by atoms with Crippen LogP contribution < -0.4 is 20.2 Å². The Bertz CT molecular complexity index is 1850. The van der Waals surface area contributed by atoms with Gasteiger partial charge in [-0.3, -0.25) is 14.6 Å². The van der Waals surface area contributed by atoms with Crippen molar-refractivity contribution < 1.29 is 23.0 Å². The van der Waals surface area contributed by atoms with E-state index in [1.165, 1.54) is 49.8 Å². The van der Waals surface area contributed by atoms with Crippen LogP contribution in [0.3, 0.4) is 0 Å². The first kappa shape index (κ1) is 26.5. The van der Waals surface area contributed by atoms with Crippen molar-refractivity contribution in [2.24, 2.45) is 0 Å². The summed E-state index contributed by atoms with van der Waals surface area (Å²) in [6, 6.07) is 11.3. The number of aromatic amines is 1. The van der Waals surface area contributed by atoms with Crippen molar-refractivity contribution in [3.8, 4) is 28.5 Å². The summed E-state index contributed by atoms with van der Waals surface area (Å²) < 4.78 is 39.7. The molecule has 0 saturated heterocycles. The van der Waals surface area contributed by atoms with Gasteiger partial charge in [-0.05, 0) is 62.2 Å². The molecular formula is C30H24F2N4O4. The molecular weight excluding hydrogens is 518 g/mol. The van der Waals surface area contributed by atoms with Gasteiger partial charge in [-0.2, -0.15) is 0 Å². The Balaban J connectivity index is 1.41. The van der Waals surface area contributed by atoms with Crippen molar-refractivity contribution in [2.45, 2.75) is 20.8 Å². The summed E-state index contributed by atoms with van der Waals surface area (Å²) in [6.45, 7) is 5.20. The minimum Gasteiger partial charge on any atom is -0.481 e. The van der Waals surface area contributed by atoms with Crippen LogP contribution >= 0.6 is 0 Å². The highest BCUT2D eigenvalue weighted by Gasteiger charge is 2.19. The summed E-state index contributed by atoms with van der Waals surface area (Å²) in [5, 5.41) is 2.55. The number of amides is 1. The van der Waals surface area contributed by atoms with Gasteiger partial charge in [0.05, 0.1) is 12.6 Å². The van der Waals surface area contributed by atoms with E-state index in [1.807, 2.05) is 6.92 Å². The van der Waals surface area contributed by atoms with Crippen LogP contribution in [0.15, 0.2) is 65.7 Å². The molecule has 202 valence electrons. The highest BCUT2D eigenvalue weighted by Crippen LogP contribution is 2.32. The fourth-order valence-electron chi connectivity index (χ4n) is 4.42. The molecule has 8 nitrogen and oxygen atoms in total. The summed E-state index contributed by atoms with van der Waals surface area (Å²) in [4.78, 5) is 37.9. The number of pyridine rings is 3. The van der Waals surface area contributed by atoms with Gasteiger partial charge in [0, 0.05) is 47.0 Å². The average molecular weight is 543 g/mol. The Kier molecular flexibility index (Phi) is 7.00. The third-order valence-electron chi connectivity index (χ3n) is 6.40. The molecule has 0 spiro atoms. The van der Waals surface area contributed by atoms with Crippen LogP contribution in [0.5, 0.6) is 17.4 Å². The average Bonchev–Trinajstić information content (AvgIpc) is 2.91. The van der Waals surface area contributed by atoms with Gasteiger partial charge in [0.15, 0.2) is 17.3 Å². The van der Waals surface area contributed by atoms with Gasteiger partial charge in [0.1, 0.15) is 16.9 Å². The van der Waals surface area contributed by atoms with Gasteiger partial charge < -0.3 is 19.8 Å². The number of nitrogens with one attached hydrogen (secondary N) is 2. The second-order valence-electron chi connectivity index (χ2n) is 9.18. The molecule has 0 unspecified atom stereocenters. The molecule has 3 aromatic heterocycles. The number of ether oxygens (including phenoxy) is 2. The first-order valence-corrected chi connectivity index (χ1v) is 12.2. The van der Waals surface area contributed by atoms with Gasteiger partial charge >= 0.3 is 0 Å². The number of rotatable bonds is 6. The molecule has 0 fully saturated rings. The van der Waals surface area contributed by atoms with Crippen molar-refractivity contribution in [1.82, 2.24) is 15.0 Å². The number of carbonyl (C=O) groups is 1. The van der Waals surface area contributed by atoms with Crippen LogP contribution in [0.2, 0.25) is 0 Å². The Morgan fingerprint density at radius 3 is 2.50 bits per heavy atom. The molecule has 5 aromatic rings. The highest BCUT2D eigenvalue weighted by atomic mass is 19.1. The molecule has 1 amide bonds. The molecule has 0 aliphatic heterocycles. The maximum absolute atomic E-state index is 15.1. The largest absolute Gasteiger partial charge is 0.481 e. The Labute approximate surface area is 227 Å². The summed E-state index contributed by atoms with van der Waals surface area (Å²) in [5.41, 5.74) is 2.98. The van der Waals surface area contributed by atoms with E-state index < -0.39 is 23.0 Å². The van der Waals surface area contributed by atoms with Crippen molar-refractivity contribution in [1.29, 1.82) is 0 Å². The molecule has 0 aliphatic carbocycles. The van der Waals surface area contributed by atoms with Crippen LogP contribution in [-0.2, 0) is 0 Å². The number of benzene rings is 2. The number of nitrogens with zero attached hydrogens (tertiary/aromatic N) is 2. The standard InChI is InChI=1S/C30H24F2N4O4/c1-15-11-18(31)5-7-20(15)26-17(3)34-14-21(28(26)37)29(38)35-19-6-8-24(22(32)13-19)40-25-9-10-33-23-12-16(2)30(39-4)36-27(23)25/h5-14H,1-4H3,(H,34,37)(H,35,38). The van der Waals surface area contributed by atoms with E-state index in [1.54, 1.807) is 26.0 Å². The molecule has 0 atom stereocenters. The normalized spacial score (nSPS) is 10.9. The SMILES string of the molecule is COc1nc2c(Oc3ccc(NC(=O)c4c[nH]c(C)c(-c5ccc(F)cc5C)c4=O)cc3F)ccnc2cc1C.